The first-order chi connectivity index (χ1) is 7.77. The number of hydrogen-bond acceptors (Lipinski definition) is 9. The number of hydrogen-bond donors (Lipinski definition) is 0. The molecule has 0 aliphatic heterocycles. The fourth-order valence-corrected chi connectivity index (χ4v) is 0.578. The Morgan fingerprint density at radius 3 is 1.05 bits per heavy atom. The molecule has 0 unspecified atom stereocenters. The average Bonchev–Trinajstić information content (AvgIpc) is 2.14. The third kappa shape index (κ3) is 10.0. The van der Waals surface area contributed by atoms with Crippen molar-refractivity contribution in [3.63, 3.8) is 0 Å². The Labute approximate surface area is 189 Å². The zero-order chi connectivity index (χ0) is 13.6. The van der Waals surface area contributed by atoms with Crippen molar-refractivity contribution in [2.45, 2.75) is 0 Å². The molecule has 0 amide bonds. The van der Waals surface area contributed by atoms with Gasteiger partial charge in [-0.3, -0.25) is 40.5 Å². The summed E-state index contributed by atoms with van der Waals surface area (Å²) in [6.45, 7) is -2.38. The molecule has 15 heteroatoms. The van der Waals surface area contributed by atoms with Gasteiger partial charge in [0.15, 0.2) is 0 Å². The van der Waals surface area contributed by atoms with Crippen molar-refractivity contribution < 1.29 is 127 Å². The molecule has 0 saturated carbocycles. The van der Waals surface area contributed by atoms with Crippen molar-refractivity contribution in [1.82, 2.24) is 0 Å². The average molecular weight is 330 g/mol. The van der Waals surface area contributed by atoms with E-state index in [1.165, 1.54) is 0 Å². The van der Waals surface area contributed by atoms with Crippen LogP contribution in [0.1, 0.15) is 0 Å². The fraction of sp³-hybridized carbons (Fsp3) is 0.500. The van der Waals surface area contributed by atoms with E-state index >= 15 is 0 Å². The van der Waals surface area contributed by atoms with Crippen LogP contribution in [-0.4, -0.2) is 32.9 Å². The maximum absolute atomic E-state index is 10.1. The molecule has 0 fully saturated rings. The second-order valence-electron chi connectivity index (χ2n) is 2.35. The zero-order valence-electron chi connectivity index (χ0n) is 9.88. The van der Waals surface area contributed by atoms with Crippen LogP contribution in [0.5, 0.6) is 0 Å². The summed E-state index contributed by atoms with van der Waals surface area (Å²) in [4.78, 5) is 34.8. The number of nitro groups is 4. The summed E-state index contributed by atoms with van der Waals surface area (Å²) >= 11 is 0. The summed E-state index contributed by atoms with van der Waals surface area (Å²) < 4.78 is 4.16. The number of rotatable bonds is 8. The SMILES string of the molecule is O=[N+]([O-])[C-](COC[C-]([N+](=O)[O-])[N+](=O)[O-])[N+](=O)[O-].[K+].[K+]. The minimum Gasteiger partial charge on any atom is -0.415 e. The molecule has 0 N–H and O–H groups in total. The monoisotopic (exact) mass is 330 g/mol. The molecule has 0 bridgehead atoms. The van der Waals surface area contributed by atoms with E-state index in [9.17, 15) is 40.5 Å². The molecule has 96 valence electrons. The molecule has 13 nitrogen and oxygen atoms in total. The van der Waals surface area contributed by atoms with Crippen LogP contribution in [0.3, 0.4) is 0 Å². The third-order valence-corrected chi connectivity index (χ3v) is 1.31. The van der Waals surface area contributed by atoms with Gasteiger partial charge < -0.3 is 4.74 Å². The van der Waals surface area contributed by atoms with Crippen LogP contribution >= 0.6 is 0 Å². The van der Waals surface area contributed by atoms with Crippen molar-refractivity contribution in [3.05, 3.63) is 52.8 Å². The topological polar surface area (TPSA) is 182 Å². The normalized spacial score (nSPS) is 8.42. The van der Waals surface area contributed by atoms with E-state index in [2.05, 4.69) is 4.74 Å². The van der Waals surface area contributed by atoms with Crippen LogP contribution in [0.15, 0.2) is 0 Å². The van der Waals surface area contributed by atoms with Crippen LogP contribution in [-0.2, 0) is 4.74 Å². The Kier molecular flexibility index (Phi) is 15.9. The Hall–Kier alpha value is 0.573. The Morgan fingerprint density at radius 2 is 0.895 bits per heavy atom. The first-order valence-corrected chi connectivity index (χ1v) is 3.64. The van der Waals surface area contributed by atoms with Gasteiger partial charge in [-0.25, -0.2) is 0 Å². The maximum Gasteiger partial charge on any atom is 1.00 e. The largest absolute Gasteiger partial charge is 1.00 e. The summed E-state index contributed by atoms with van der Waals surface area (Å²) in [5, 5.41) is 40.2. The van der Waals surface area contributed by atoms with Crippen LogP contribution in [0.25, 0.3) is 0 Å². The molecule has 0 atom stereocenters. The molecule has 0 rings (SSSR count). The molecule has 0 aliphatic carbocycles. The van der Waals surface area contributed by atoms with Gasteiger partial charge in [-0.2, -0.15) is 0 Å². The van der Waals surface area contributed by atoms with Gasteiger partial charge in [0.1, 0.15) is 0 Å². The molecule has 0 radical (unpaired) electrons. The van der Waals surface area contributed by atoms with Crippen molar-refractivity contribution in [1.29, 1.82) is 0 Å². The molecular formula is C4H4K2N4O9. The first-order valence-electron chi connectivity index (χ1n) is 3.64. The summed E-state index contributed by atoms with van der Waals surface area (Å²) in [7, 11) is 0. The third-order valence-electron chi connectivity index (χ3n) is 1.31. The molecule has 0 aromatic rings. The van der Waals surface area contributed by atoms with Crippen LogP contribution in [0.2, 0.25) is 0 Å². The van der Waals surface area contributed by atoms with E-state index < -0.39 is 45.2 Å². The van der Waals surface area contributed by atoms with Gasteiger partial charge >= 0.3 is 103 Å². The van der Waals surface area contributed by atoms with E-state index in [4.69, 9.17) is 0 Å². The van der Waals surface area contributed by atoms with Gasteiger partial charge in [0, 0.05) is 0 Å². The molecule has 0 spiro atoms. The van der Waals surface area contributed by atoms with Gasteiger partial charge in [-0.05, 0) is 19.7 Å². The predicted octanol–water partition coefficient (Wildman–Crippen LogP) is -6.90. The minimum atomic E-state index is -1.48. The predicted molar refractivity (Wildman–Crippen MR) is 45.3 cm³/mol. The van der Waals surface area contributed by atoms with E-state index in [0.717, 1.165) is 0 Å². The van der Waals surface area contributed by atoms with Gasteiger partial charge in [-0.15, -0.1) is 0 Å². The Balaban J connectivity index is -0.00000128. The van der Waals surface area contributed by atoms with Crippen molar-refractivity contribution in [2.75, 3.05) is 13.2 Å². The summed E-state index contributed by atoms with van der Waals surface area (Å²) in [5.41, 5.74) is 0. The number of ether oxygens (including phenoxy) is 1. The Bertz CT molecular complexity index is 291. The van der Waals surface area contributed by atoms with E-state index in [0.29, 0.717) is 0 Å². The maximum atomic E-state index is 10.1. The zero-order valence-corrected chi connectivity index (χ0v) is 16.1. The Morgan fingerprint density at radius 1 is 0.684 bits per heavy atom. The standard InChI is InChI=1S/C4H4N4O9.2K/c9-5(10)3(6(11)12)1-17-2-4(7(13)14)8(15)16;;/h1-2H2;;/q-2;2*+1. The second-order valence-corrected chi connectivity index (χ2v) is 2.35. The summed E-state index contributed by atoms with van der Waals surface area (Å²) in [6, 6.07) is 0. The van der Waals surface area contributed by atoms with E-state index in [1.54, 1.807) is 0 Å². The smallest absolute Gasteiger partial charge is 0.415 e. The van der Waals surface area contributed by atoms with Crippen LogP contribution in [0, 0.1) is 52.8 Å². The van der Waals surface area contributed by atoms with Crippen molar-refractivity contribution in [2.24, 2.45) is 0 Å². The molecule has 0 aromatic heterocycles. The molecule has 0 saturated heterocycles. The van der Waals surface area contributed by atoms with Crippen molar-refractivity contribution in [3.8, 4) is 0 Å². The summed E-state index contributed by atoms with van der Waals surface area (Å²) in [6.07, 6.45) is -2.95. The van der Waals surface area contributed by atoms with E-state index in [1.807, 2.05) is 0 Å². The van der Waals surface area contributed by atoms with Gasteiger partial charge in [0.2, 0.25) is 0 Å². The minimum absolute atomic E-state index is 0. The second kappa shape index (κ2) is 12.3. The summed E-state index contributed by atoms with van der Waals surface area (Å²) in [5.74, 6) is 0. The van der Waals surface area contributed by atoms with Crippen LogP contribution in [0.4, 0.5) is 0 Å². The molecule has 0 aromatic carbocycles. The number of nitrogens with zero attached hydrogens (tertiary/aromatic N) is 4. The van der Waals surface area contributed by atoms with E-state index in [-0.39, 0.29) is 103 Å². The van der Waals surface area contributed by atoms with Gasteiger partial charge in [0.25, 0.3) is 12.3 Å². The fourth-order valence-electron chi connectivity index (χ4n) is 0.578. The van der Waals surface area contributed by atoms with Crippen molar-refractivity contribution >= 4 is 0 Å². The molecule has 19 heavy (non-hydrogen) atoms. The quantitative estimate of drug-likeness (QED) is 0.181. The van der Waals surface area contributed by atoms with Crippen LogP contribution < -0.4 is 103 Å². The molecule has 0 aliphatic rings. The van der Waals surface area contributed by atoms with Gasteiger partial charge in [-0.1, -0.05) is 0 Å². The molecular weight excluding hydrogens is 326 g/mol. The van der Waals surface area contributed by atoms with Gasteiger partial charge in [0.05, 0.1) is 13.2 Å². The first kappa shape index (κ1) is 24.6. The molecule has 0 heterocycles.